The lowest BCUT2D eigenvalue weighted by Crippen LogP contribution is -2.25. The van der Waals surface area contributed by atoms with Gasteiger partial charge in [0.15, 0.2) is 17.2 Å². The van der Waals surface area contributed by atoms with Gasteiger partial charge in [0, 0.05) is 30.4 Å². The Morgan fingerprint density at radius 3 is 2.55 bits per heavy atom. The van der Waals surface area contributed by atoms with Crippen LogP contribution in [0.1, 0.15) is 27.8 Å². The summed E-state index contributed by atoms with van der Waals surface area (Å²) in [5, 5.41) is 0.823. The Morgan fingerprint density at radius 2 is 1.87 bits per heavy atom. The van der Waals surface area contributed by atoms with E-state index in [1.807, 2.05) is 6.07 Å². The first-order valence-electron chi connectivity index (χ1n) is 9.77. The molecule has 0 aliphatic rings. The van der Waals surface area contributed by atoms with E-state index >= 15 is 0 Å². The average molecular weight is 419 g/mol. The zero-order valence-corrected chi connectivity index (χ0v) is 17.4. The van der Waals surface area contributed by atoms with Gasteiger partial charge in [0.2, 0.25) is 0 Å². The normalized spacial score (nSPS) is 11.1. The van der Waals surface area contributed by atoms with Crippen molar-refractivity contribution in [2.45, 2.75) is 13.5 Å². The standard InChI is InChI=1S/C23H21N3O5/c1-4-31-23(29)20-21(30-3)18-19(25(20)2)15-12-24-11-10-16(15)26(22(18)28)13-17(27)14-8-6-5-7-9-14/h5-12H,4,13H2,1-3H3. The topological polar surface area (TPSA) is 92.4 Å². The molecule has 0 radical (unpaired) electrons. The molecule has 8 heteroatoms. The number of hydrogen-bond acceptors (Lipinski definition) is 6. The van der Waals surface area contributed by atoms with Crippen molar-refractivity contribution >= 4 is 33.6 Å². The van der Waals surface area contributed by atoms with E-state index in [-0.39, 0.29) is 35.8 Å². The molecule has 4 aromatic rings. The molecule has 0 bridgehead atoms. The Labute approximate surface area is 177 Å². The van der Waals surface area contributed by atoms with E-state index in [1.165, 1.54) is 11.7 Å². The van der Waals surface area contributed by atoms with Crippen molar-refractivity contribution in [2.75, 3.05) is 13.7 Å². The van der Waals surface area contributed by atoms with Gasteiger partial charge >= 0.3 is 5.97 Å². The minimum Gasteiger partial charge on any atom is -0.493 e. The van der Waals surface area contributed by atoms with Crippen molar-refractivity contribution < 1.29 is 19.1 Å². The number of ketones is 1. The predicted octanol–water partition coefficient (Wildman–Crippen LogP) is 2.96. The minimum atomic E-state index is -0.596. The fourth-order valence-electron chi connectivity index (χ4n) is 3.86. The van der Waals surface area contributed by atoms with Gasteiger partial charge in [-0.1, -0.05) is 30.3 Å². The van der Waals surface area contributed by atoms with E-state index in [0.717, 1.165) is 0 Å². The van der Waals surface area contributed by atoms with Gasteiger partial charge < -0.3 is 14.0 Å². The van der Waals surface area contributed by atoms with Crippen LogP contribution in [0.25, 0.3) is 21.8 Å². The zero-order valence-electron chi connectivity index (χ0n) is 17.4. The van der Waals surface area contributed by atoms with Crippen molar-refractivity contribution in [1.82, 2.24) is 14.1 Å². The highest BCUT2D eigenvalue weighted by molar-refractivity contribution is 6.11. The summed E-state index contributed by atoms with van der Waals surface area (Å²) in [5.41, 5.74) is 1.24. The Hall–Kier alpha value is -3.94. The van der Waals surface area contributed by atoms with Crippen LogP contribution in [0.4, 0.5) is 0 Å². The number of fused-ring (bicyclic) bond motifs is 3. The Kier molecular flexibility index (Phi) is 5.29. The van der Waals surface area contributed by atoms with Gasteiger partial charge in [-0.3, -0.25) is 19.1 Å². The molecule has 0 saturated heterocycles. The number of esters is 1. The summed E-state index contributed by atoms with van der Waals surface area (Å²) in [7, 11) is 3.06. The lowest BCUT2D eigenvalue weighted by molar-refractivity contribution is 0.0512. The molecule has 1 aromatic carbocycles. The number of pyridine rings is 2. The highest BCUT2D eigenvalue weighted by Crippen LogP contribution is 2.34. The molecule has 0 saturated carbocycles. The maximum Gasteiger partial charge on any atom is 0.358 e. The number of ether oxygens (including phenoxy) is 2. The number of carbonyl (C=O) groups excluding carboxylic acids is 2. The molecular weight excluding hydrogens is 398 g/mol. The van der Waals surface area contributed by atoms with Gasteiger partial charge in [0.25, 0.3) is 5.56 Å². The van der Waals surface area contributed by atoms with Gasteiger partial charge in [-0.25, -0.2) is 4.79 Å². The Bertz CT molecular complexity index is 1370. The van der Waals surface area contributed by atoms with Crippen LogP contribution in [0.5, 0.6) is 5.75 Å². The molecule has 0 fully saturated rings. The zero-order chi connectivity index (χ0) is 22.1. The molecule has 0 amide bonds. The van der Waals surface area contributed by atoms with Crippen molar-refractivity contribution in [3.05, 3.63) is 70.4 Å². The van der Waals surface area contributed by atoms with Crippen molar-refractivity contribution in [3.8, 4) is 5.75 Å². The predicted molar refractivity (Wildman–Crippen MR) is 116 cm³/mol. The number of methoxy groups -OCH3 is 1. The van der Waals surface area contributed by atoms with Crippen molar-refractivity contribution in [2.24, 2.45) is 7.05 Å². The summed E-state index contributed by atoms with van der Waals surface area (Å²) in [6, 6.07) is 10.5. The molecule has 158 valence electrons. The molecule has 8 nitrogen and oxygen atoms in total. The average Bonchev–Trinajstić information content (AvgIpc) is 3.09. The molecule has 0 aliphatic heterocycles. The maximum atomic E-state index is 13.6. The fraction of sp³-hybridized carbons (Fsp3) is 0.217. The molecule has 4 rings (SSSR count). The van der Waals surface area contributed by atoms with Gasteiger partial charge in [-0.05, 0) is 13.0 Å². The number of aromatic nitrogens is 3. The van der Waals surface area contributed by atoms with Crippen molar-refractivity contribution in [1.29, 1.82) is 0 Å². The fourth-order valence-corrected chi connectivity index (χ4v) is 3.86. The number of Topliss-reactive ketones (excluding diaryl/α,β-unsaturated/α-hetero) is 1. The summed E-state index contributed by atoms with van der Waals surface area (Å²) in [6.45, 7) is 1.72. The van der Waals surface area contributed by atoms with E-state index in [9.17, 15) is 14.4 Å². The van der Waals surface area contributed by atoms with Crippen LogP contribution in [0, 0.1) is 0 Å². The SMILES string of the molecule is CCOC(=O)c1c(OC)c2c(=O)n(CC(=O)c3ccccc3)c3ccncc3c2n1C. The molecule has 0 aliphatic carbocycles. The Morgan fingerprint density at radius 1 is 1.13 bits per heavy atom. The number of hydrogen-bond donors (Lipinski definition) is 0. The monoisotopic (exact) mass is 419 g/mol. The largest absolute Gasteiger partial charge is 0.493 e. The quantitative estimate of drug-likeness (QED) is 0.352. The number of rotatable bonds is 6. The molecule has 0 unspecified atom stereocenters. The van der Waals surface area contributed by atoms with E-state index in [2.05, 4.69) is 4.98 Å². The third kappa shape index (κ3) is 3.26. The van der Waals surface area contributed by atoms with Crippen LogP contribution in [0.15, 0.2) is 53.6 Å². The Balaban J connectivity index is 2.04. The summed E-state index contributed by atoms with van der Waals surface area (Å²) < 4.78 is 13.6. The van der Waals surface area contributed by atoms with E-state index in [1.54, 1.807) is 61.3 Å². The molecule has 3 aromatic heterocycles. The van der Waals surface area contributed by atoms with Crippen LogP contribution < -0.4 is 10.3 Å². The summed E-state index contributed by atoms with van der Waals surface area (Å²) in [6.07, 6.45) is 3.17. The first-order chi connectivity index (χ1) is 15.0. The number of nitrogens with zero attached hydrogens (tertiary/aromatic N) is 3. The van der Waals surface area contributed by atoms with Gasteiger partial charge in [0.1, 0.15) is 5.39 Å². The number of carbonyl (C=O) groups is 2. The maximum absolute atomic E-state index is 13.6. The van der Waals surface area contributed by atoms with Gasteiger partial charge in [-0.15, -0.1) is 0 Å². The molecule has 31 heavy (non-hydrogen) atoms. The van der Waals surface area contributed by atoms with Crippen LogP contribution in [-0.2, 0) is 18.3 Å². The van der Waals surface area contributed by atoms with Gasteiger partial charge in [0.05, 0.1) is 31.3 Å². The lowest BCUT2D eigenvalue weighted by Gasteiger charge is -2.12. The number of aryl methyl sites for hydroxylation is 1. The van der Waals surface area contributed by atoms with Crippen LogP contribution in [0.2, 0.25) is 0 Å². The first kappa shape index (κ1) is 20.3. The van der Waals surface area contributed by atoms with Gasteiger partial charge in [-0.2, -0.15) is 0 Å². The molecule has 0 spiro atoms. The smallest absolute Gasteiger partial charge is 0.358 e. The molecule has 0 atom stereocenters. The molecule has 3 heterocycles. The minimum absolute atomic E-state index is 0.118. The van der Waals surface area contributed by atoms with Crippen LogP contribution >= 0.6 is 0 Å². The van der Waals surface area contributed by atoms with Crippen molar-refractivity contribution in [3.63, 3.8) is 0 Å². The highest BCUT2D eigenvalue weighted by atomic mass is 16.5. The van der Waals surface area contributed by atoms with E-state index < -0.39 is 11.5 Å². The van der Waals surface area contributed by atoms with E-state index in [0.29, 0.717) is 22.0 Å². The summed E-state index contributed by atoms with van der Waals surface area (Å²) in [4.78, 5) is 43.3. The second-order valence-electron chi connectivity index (χ2n) is 6.96. The summed E-state index contributed by atoms with van der Waals surface area (Å²) >= 11 is 0. The molecule has 0 N–H and O–H groups in total. The second-order valence-corrected chi connectivity index (χ2v) is 6.96. The first-order valence-corrected chi connectivity index (χ1v) is 9.77. The van der Waals surface area contributed by atoms with Crippen LogP contribution in [0.3, 0.4) is 0 Å². The highest BCUT2D eigenvalue weighted by Gasteiger charge is 2.28. The summed E-state index contributed by atoms with van der Waals surface area (Å²) in [5.74, 6) is -0.685. The second kappa shape index (κ2) is 8.06. The third-order valence-corrected chi connectivity index (χ3v) is 5.22. The molecular formula is C23H21N3O5. The van der Waals surface area contributed by atoms with E-state index in [4.69, 9.17) is 9.47 Å². The lowest BCUT2D eigenvalue weighted by atomic mass is 10.1. The van der Waals surface area contributed by atoms with Crippen LogP contribution in [-0.4, -0.2) is 39.6 Å². The number of benzene rings is 1. The third-order valence-electron chi connectivity index (χ3n) is 5.22.